The van der Waals surface area contributed by atoms with Gasteiger partial charge in [0.2, 0.25) is 0 Å². The van der Waals surface area contributed by atoms with Crippen molar-refractivity contribution in [1.82, 2.24) is 0 Å². The number of hydrogen-bond donors (Lipinski definition) is 1. The summed E-state index contributed by atoms with van der Waals surface area (Å²) in [5, 5.41) is 10.5. The molecule has 1 unspecified atom stereocenters. The molecule has 0 radical (unpaired) electrons. The van der Waals surface area contributed by atoms with Crippen molar-refractivity contribution in [1.29, 1.82) is 0 Å². The van der Waals surface area contributed by atoms with E-state index in [4.69, 9.17) is 6.42 Å². The zero-order chi connectivity index (χ0) is 18.8. The Morgan fingerprint density at radius 1 is 0.885 bits per heavy atom. The molecular formula is C25H44O. The monoisotopic (exact) mass is 360 g/mol. The average Bonchev–Trinajstić information content (AvgIpc) is 2.69. The fraction of sp³-hybridized carbons (Fsp3) is 0.920. The van der Waals surface area contributed by atoms with Gasteiger partial charge in [-0.05, 0) is 62.7 Å². The first kappa shape index (κ1) is 21.8. The molecule has 2 fully saturated rings. The quantitative estimate of drug-likeness (QED) is 0.325. The highest BCUT2D eigenvalue weighted by Gasteiger charge is 2.42. The summed E-state index contributed by atoms with van der Waals surface area (Å²) in [6.45, 7) is 4.55. The Morgan fingerprint density at radius 2 is 1.46 bits per heavy atom. The minimum Gasteiger partial charge on any atom is -0.380 e. The van der Waals surface area contributed by atoms with Crippen molar-refractivity contribution >= 4 is 0 Å². The maximum atomic E-state index is 10.5. The van der Waals surface area contributed by atoms with Crippen molar-refractivity contribution < 1.29 is 5.11 Å². The number of unbranched alkanes of at least 4 members (excludes halogenated alkanes) is 4. The van der Waals surface area contributed by atoms with Crippen molar-refractivity contribution in [2.24, 2.45) is 23.2 Å². The highest BCUT2D eigenvalue weighted by atomic mass is 16.3. The van der Waals surface area contributed by atoms with Crippen molar-refractivity contribution in [3.8, 4) is 12.3 Å². The molecule has 0 spiro atoms. The van der Waals surface area contributed by atoms with E-state index in [0.29, 0.717) is 0 Å². The Labute approximate surface area is 163 Å². The normalized spacial score (nSPS) is 33.5. The van der Waals surface area contributed by atoms with E-state index in [-0.39, 0.29) is 5.41 Å². The van der Waals surface area contributed by atoms with Crippen LogP contribution in [0.15, 0.2) is 0 Å². The fourth-order valence-electron chi connectivity index (χ4n) is 5.88. The molecule has 0 saturated heterocycles. The number of hydrogen-bond acceptors (Lipinski definition) is 1. The number of terminal acetylenes is 1. The molecule has 2 rings (SSSR count). The lowest BCUT2D eigenvalue weighted by atomic mass is 9.61. The van der Waals surface area contributed by atoms with Crippen LogP contribution in [0.3, 0.4) is 0 Å². The molecule has 1 nitrogen and oxygen atoms in total. The second-order valence-corrected chi connectivity index (χ2v) is 9.50. The molecule has 1 heteroatoms. The Bertz CT molecular complexity index is 404. The van der Waals surface area contributed by atoms with Gasteiger partial charge >= 0.3 is 0 Å². The molecule has 0 aromatic rings. The minimum absolute atomic E-state index is 0.0256. The predicted octanol–water partition coefficient (Wildman–Crippen LogP) is 7.12. The predicted molar refractivity (Wildman–Crippen MR) is 113 cm³/mol. The smallest absolute Gasteiger partial charge is 0.120 e. The number of aliphatic hydroxyl groups excluding tert-OH is 1. The summed E-state index contributed by atoms with van der Waals surface area (Å²) in [4.78, 5) is 0. The highest BCUT2D eigenvalue weighted by molar-refractivity contribution is 5.06. The van der Waals surface area contributed by atoms with Gasteiger partial charge in [0.25, 0.3) is 0 Å². The summed E-state index contributed by atoms with van der Waals surface area (Å²) < 4.78 is 0. The SMILES string of the molecule is C#CC(O)C1(CCCCC)CCC(C2CCC(CCCCC)CC2)CC1. The van der Waals surface area contributed by atoms with E-state index in [9.17, 15) is 5.11 Å². The Morgan fingerprint density at radius 3 is 2.04 bits per heavy atom. The zero-order valence-corrected chi connectivity index (χ0v) is 17.6. The first-order valence-electron chi connectivity index (χ1n) is 11.8. The Hall–Kier alpha value is -0.480. The van der Waals surface area contributed by atoms with Crippen molar-refractivity contribution in [2.45, 2.75) is 123 Å². The van der Waals surface area contributed by atoms with E-state index >= 15 is 0 Å². The molecule has 150 valence electrons. The minimum atomic E-state index is -0.533. The summed E-state index contributed by atoms with van der Waals surface area (Å²) in [6.07, 6.45) is 26.4. The largest absolute Gasteiger partial charge is 0.380 e. The van der Waals surface area contributed by atoms with Gasteiger partial charge in [0, 0.05) is 5.41 Å². The number of aliphatic hydroxyl groups is 1. The van der Waals surface area contributed by atoms with Gasteiger partial charge in [0.05, 0.1) is 0 Å². The molecule has 0 heterocycles. The van der Waals surface area contributed by atoms with Crippen LogP contribution in [0.4, 0.5) is 0 Å². The van der Waals surface area contributed by atoms with Crippen LogP contribution in [0.25, 0.3) is 0 Å². The lowest BCUT2D eigenvalue weighted by Gasteiger charge is -2.45. The Balaban J connectivity index is 1.78. The van der Waals surface area contributed by atoms with Crippen molar-refractivity contribution in [3.63, 3.8) is 0 Å². The third-order valence-electron chi connectivity index (χ3n) is 7.82. The highest BCUT2D eigenvalue weighted by Crippen LogP contribution is 2.49. The van der Waals surface area contributed by atoms with Gasteiger partial charge < -0.3 is 5.11 Å². The van der Waals surface area contributed by atoms with Crippen LogP contribution in [0.5, 0.6) is 0 Å². The first-order chi connectivity index (χ1) is 12.6. The molecule has 0 aliphatic heterocycles. The standard InChI is InChI=1S/C25H44O/c1-4-7-9-11-21-12-14-22(15-13-21)23-16-19-25(20-17-23,24(26)6-3)18-10-8-5-2/h3,21-24,26H,4-5,7-20H2,1-2H3. The van der Waals surface area contributed by atoms with Crippen LogP contribution in [-0.2, 0) is 0 Å². The van der Waals surface area contributed by atoms with Gasteiger partial charge in [-0.2, -0.15) is 0 Å². The molecule has 1 N–H and O–H groups in total. The van der Waals surface area contributed by atoms with E-state index in [2.05, 4.69) is 19.8 Å². The van der Waals surface area contributed by atoms with E-state index < -0.39 is 6.10 Å². The van der Waals surface area contributed by atoms with Crippen molar-refractivity contribution in [3.05, 3.63) is 0 Å². The second kappa shape index (κ2) is 11.4. The van der Waals surface area contributed by atoms with Crippen LogP contribution < -0.4 is 0 Å². The number of rotatable bonds is 10. The van der Waals surface area contributed by atoms with Gasteiger partial charge in [-0.3, -0.25) is 0 Å². The topological polar surface area (TPSA) is 20.2 Å². The van der Waals surface area contributed by atoms with Gasteiger partial charge in [0.1, 0.15) is 6.10 Å². The maximum Gasteiger partial charge on any atom is 0.120 e. The van der Waals surface area contributed by atoms with Gasteiger partial charge in [-0.25, -0.2) is 0 Å². The molecule has 2 saturated carbocycles. The first-order valence-corrected chi connectivity index (χ1v) is 11.8. The molecule has 0 aromatic carbocycles. The summed E-state index contributed by atoms with van der Waals surface area (Å²) in [6, 6.07) is 0. The van der Waals surface area contributed by atoms with E-state index in [1.807, 2.05) is 0 Å². The summed E-state index contributed by atoms with van der Waals surface area (Å²) >= 11 is 0. The van der Waals surface area contributed by atoms with E-state index in [1.54, 1.807) is 0 Å². The lowest BCUT2D eigenvalue weighted by molar-refractivity contribution is -0.00111. The third-order valence-corrected chi connectivity index (χ3v) is 7.82. The molecule has 26 heavy (non-hydrogen) atoms. The summed E-state index contributed by atoms with van der Waals surface area (Å²) in [7, 11) is 0. The molecule has 2 aliphatic carbocycles. The summed E-state index contributed by atoms with van der Waals surface area (Å²) in [5.74, 6) is 5.55. The van der Waals surface area contributed by atoms with Gasteiger partial charge in [-0.15, -0.1) is 6.42 Å². The van der Waals surface area contributed by atoms with Crippen LogP contribution in [-0.4, -0.2) is 11.2 Å². The Kier molecular flexibility index (Phi) is 9.55. The van der Waals surface area contributed by atoms with E-state index in [0.717, 1.165) is 37.0 Å². The van der Waals surface area contributed by atoms with E-state index in [1.165, 1.54) is 83.5 Å². The molecule has 0 bridgehead atoms. The molecule has 2 aliphatic rings. The summed E-state index contributed by atoms with van der Waals surface area (Å²) in [5.41, 5.74) is 0.0256. The molecule has 1 atom stereocenters. The average molecular weight is 361 g/mol. The van der Waals surface area contributed by atoms with Crippen molar-refractivity contribution in [2.75, 3.05) is 0 Å². The van der Waals surface area contributed by atoms with Crippen LogP contribution in [0.2, 0.25) is 0 Å². The third kappa shape index (κ3) is 6.02. The second-order valence-electron chi connectivity index (χ2n) is 9.50. The fourth-order valence-corrected chi connectivity index (χ4v) is 5.88. The molecule has 0 amide bonds. The zero-order valence-electron chi connectivity index (χ0n) is 17.6. The lowest BCUT2D eigenvalue weighted by Crippen LogP contribution is -2.39. The van der Waals surface area contributed by atoms with Crippen LogP contribution in [0, 0.1) is 35.5 Å². The molecular weight excluding hydrogens is 316 g/mol. The van der Waals surface area contributed by atoms with Gasteiger partial charge in [0.15, 0.2) is 0 Å². The maximum absolute atomic E-state index is 10.5. The van der Waals surface area contributed by atoms with Crippen LogP contribution in [0.1, 0.15) is 117 Å². The van der Waals surface area contributed by atoms with Crippen LogP contribution >= 0.6 is 0 Å². The molecule has 0 aromatic heterocycles. The van der Waals surface area contributed by atoms with Gasteiger partial charge in [-0.1, -0.05) is 77.6 Å².